The van der Waals surface area contributed by atoms with Crippen LogP contribution in [0.15, 0.2) is 48.0 Å². The largest absolute Gasteiger partial charge is 0.454 e. The van der Waals surface area contributed by atoms with Crippen molar-refractivity contribution in [1.82, 2.24) is 10.6 Å². The molecule has 0 fully saturated rings. The molecule has 2 heterocycles. The minimum atomic E-state index is 0.00259. The van der Waals surface area contributed by atoms with Gasteiger partial charge >= 0.3 is 0 Å². The molecule has 0 aromatic heterocycles. The minimum Gasteiger partial charge on any atom is -0.454 e. The van der Waals surface area contributed by atoms with Crippen molar-refractivity contribution >= 4 is 23.0 Å². The van der Waals surface area contributed by atoms with Gasteiger partial charge in [-0.3, -0.25) is 0 Å². The molecular weight excluding hydrogens is 308 g/mol. The predicted molar refractivity (Wildman–Crippen MR) is 91.2 cm³/mol. The number of hydrogen-bond acceptors (Lipinski definition) is 3. The van der Waals surface area contributed by atoms with Crippen LogP contribution in [-0.2, 0) is 6.42 Å². The SMILES string of the molecule is S=C1NC2=C(Cc3ccccc32)C(c2cccc3c2OCO3)N1. The summed E-state index contributed by atoms with van der Waals surface area (Å²) in [6.07, 6.45) is 0.906. The van der Waals surface area contributed by atoms with Gasteiger partial charge in [0.2, 0.25) is 6.79 Å². The fourth-order valence-corrected chi connectivity index (χ4v) is 3.81. The molecule has 2 aliphatic heterocycles. The van der Waals surface area contributed by atoms with Gasteiger partial charge in [-0.25, -0.2) is 0 Å². The maximum absolute atomic E-state index is 5.70. The van der Waals surface area contributed by atoms with E-state index < -0.39 is 0 Å². The van der Waals surface area contributed by atoms with Gasteiger partial charge in [0.25, 0.3) is 0 Å². The first kappa shape index (κ1) is 13.0. The van der Waals surface area contributed by atoms with E-state index in [4.69, 9.17) is 21.7 Å². The van der Waals surface area contributed by atoms with Gasteiger partial charge in [0.1, 0.15) is 0 Å². The molecule has 0 amide bonds. The second kappa shape index (κ2) is 4.73. The van der Waals surface area contributed by atoms with Gasteiger partial charge in [-0.1, -0.05) is 36.4 Å². The lowest BCUT2D eigenvalue weighted by Gasteiger charge is -2.29. The smallest absolute Gasteiger partial charge is 0.231 e. The molecule has 0 spiro atoms. The summed E-state index contributed by atoms with van der Waals surface area (Å²) in [6.45, 7) is 0.272. The molecule has 0 saturated carbocycles. The van der Waals surface area contributed by atoms with Gasteiger partial charge in [0, 0.05) is 16.8 Å². The quantitative estimate of drug-likeness (QED) is 0.790. The Morgan fingerprint density at radius 3 is 2.91 bits per heavy atom. The van der Waals surface area contributed by atoms with E-state index in [1.54, 1.807) is 0 Å². The first-order valence-corrected chi connectivity index (χ1v) is 7.99. The van der Waals surface area contributed by atoms with Crippen molar-refractivity contribution in [2.75, 3.05) is 6.79 Å². The Hall–Kier alpha value is -2.53. The van der Waals surface area contributed by atoms with Crippen LogP contribution >= 0.6 is 12.2 Å². The Kier molecular flexibility index (Phi) is 2.67. The summed E-state index contributed by atoms with van der Waals surface area (Å²) in [7, 11) is 0. The van der Waals surface area contributed by atoms with E-state index in [0.717, 1.165) is 29.2 Å². The van der Waals surface area contributed by atoms with Gasteiger partial charge in [-0.15, -0.1) is 0 Å². The van der Waals surface area contributed by atoms with Gasteiger partial charge in [-0.05, 0) is 35.8 Å². The highest BCUT2D eigenvalue weighted by molar-refractivity contribution is 7.80. The van der Waals surface area contributed by atoms with E-state index in [2.05, 4.69) is 41.0 Å². The Labute approximate surface area is 139 Å². The molecule has 2 aromatic carbocycles. The van der Waals surface area contributed by atoms with Gasteiger partial charge in [0.15, 0.2) is 16.6 Å². The fourth-order valence-electron chi connectivity index (χ4n) is 3.59. The van der Waals surface area contributed by atoms with Crippen LogP contribution in [0.2, 0.25) is 0 Å². The van der Waals surface area contributed by atoms with Gasteiger partial charge in [-0.2, -0.15) is 0 Å². The van der Waals surface area contributed by atoms with E-state index in [1.807, 2.05) is 12.1 Å². The molecule has 1 unspecified atom stereocenters. The highest BCUT2D eigenvalue weighted by atomic mass is 32.1. The summed E-state index contributed by atoms with van der Waals surface area (Å²) in [5, 5.41) is 7.37. The average molecular weight is 322 g/mol. The molecule has 0 saturated heterocycles. The Morgan fingerprint density at radius 2 is 1.96 bits per heavy atom. The summed E-state index contributed by atoms with van der Waals surface area (Å²) in [5.74, 6) is 1.61. The van der Waals surface area contributed by atoms with Crippen LogP contribution in [0.5, 0.6) is 11.5 Å². The summed E-state index contributed by atoms with van der Waals surface area (Å²) >= 11 is 5.44. The van der Waals surface area contributed by atoms with Gasteiger partial charge < -0.3 is 20.1 Å². The molecule has 2 aromatic rings. The van der Waals surface area contributed by atoms with Crippen LogP contribution in [0, 0.1) is 0 Å². The third-order valence-electron chi connectivity index (χ3n) is 4.59. The highest BCUT2D eigenvalue weighted by Crippen LogP contribution is 2.45. The average Bonchev–Trinajstić information content (AvgIpc) is 3.18. The zero-order chi connectivity index (χ0) is 15.4. The zero-order valence-corrected chi connectivity index (χ0v) is 13.1. The summed E-state index contributed by atoms with van der Waals surface area (Å²) in [4.78, 5) is 0. The van der Waals surface area contributed by atoms with Crippen LogP contribution in [0.3, 0.4) is 0 Å². The number of benzene rings is 2. The van der Waals surface area contributed by atoms with Crippen molar-refractivity contribution in [2.45, 2.75) is 12.5 Å². The number of nitrogens with one attached hydrogen (secondary N) is 2. The number of thiocarbonyl (C=S) groups is 1. The second-order valence-corrected chi connectivity index (χ2v) is 6.25. The number of hydrogen-bond donors (Lipinski definition) is 2. The molecule has 1 aliphatic carbocycles. The fraction of sp³-hybridized carbons (Fsp3) is 0.167. The predicted octanol–water partition coefficient (Wildman–Crippen LogP) is 2.90. The highest BCUT2D eigenvalue weighted by Gasteiger charge is 2.35. The van der Waals surface area contributed by atoms with E-state index in [-0.39, 0.29) is 12.8 Å². The molecule has 5 rings (SSSR count). The minimum absolute atomic E-state index is 0.00259. The van der Waals surface area contributed by atoms with E-state index >= 15 is 0 Å². The molecule has 4 nitrogen and oxygen atoms in total. The molecule has 5 heteroatoms. The summed E-state index contributed by atoms with van der Waals surface area (Å²) < 4.78 is 11.2. The van der Waals surface area contributed by atoms with Crippen LogP contribution in [0.25, 0.3) is 5.70 Å². The Morgan fingerprint density at radius 1 is 1.04 bits per heavy atom. The summed E-state index contributed by atoms with van der Waals surface area (Å²) in [5.41, 5.74) is 6.06. The van der Waals surface area contributed by atoms with Crippen LogP contribution in [0.1, 0.15) is 22.7 Å². The first-order valence-electron chi connectivity index (χ1n) is 7.58. The molecule has 2 N–H and O–H groups in total. The molecule has 114 valence electrons. The van der Waals surface area contributed by atoms with Crippen molar-refractivity contribution < 1.29 is 9.47 Å². The standard InChI is InChI=1S/C18H14N2O2S/c23-18-19-15-11-5-2-1-4-10(11)8-13(15)16(20-18)12-6-3-7-14-17(12)22-9-21-14/h1-7,16H,8-9H2,(H2,19,20,23). The monoisotopic (exact) mass is 322 g/mol. The molecule has 0 radical (unpaired) electrons. The first-order chi connectivity index (χ1) is 11.3. The van der Waals surface area contributed by atoms with E-state index in [1.165, 1.54) is 16.7 Å². The molecule has 0 bridgehead atoms. The number of fused-ring (bicyclic) bond motifs is 3. The van der Waals surface area contributed by atoms with E-state index in [0.29, 0.717) is 5.11 Å². The normalized spacial score (nSPS) is 20.7. The van der Waals surface area contributed by atoms with Gasteiger partial charge in [0.05, 0.1) is 6.04 Å². The molecular formula is C18H14N2O2S. The lowest BCUT2D eigenvalue weighted by atomic mass is 9.94. The maximum Gasteiger partial charge on any atom is 0.231 e. The van der Waals surface area contributed by atoms with E-state index in [9.17, 15) is 0 Å². The lowest BCUT2D eigenvalue weighted by Crippen LogP contribution is -2.42. The summed E-state index contributed by atoms with van der Waals surface area (Å²) in [6, 6.07) is 14.5. The second-order valence-electron chi connectivity index (χ2n) is 5.85. The van der Waals surface area contributed by atoms with Crippen molar-refractivity contribution in [3.8, 4) is 11.5 Å². The lowest BCUT2D eigenvalue weighted by molar-refractivity contribution is 0.173. The van der Waals surface area contributed by atoms with Crippen molar-refractivity contribution in [3.05, 3.63) is 64.7 Å². The maximum atomic E-state index is 5.70. The van der Waals surface area contributed by atoms with Crippen LogP contribution < -0.4 is 20.1 Å². The number of ether oxygens (including phenoxy) is 2. The molecule has 3 aliphatic rings. The third kappa shape index (κ3) is 1.86. The topological polar surface area (TPSA) is 42.5 Å². The van der Waals surface area contributed by atoms with Crippen molar-refractivity contribution in [1.29, 1.82) is 0 Å². The molecule has 23 heavy (non-hydrogen) atoms. The Bertz CT molecular complexity index is 875. The molecule has 1 atom stereocenters. The van der Waals surface area contributed by atoms with Crippen LogP contribution in [-0.4, -0.2) is 11.9 Å². The van der Waals surface area contributed by atoms with Crippen molar-refractivity contribution in [3.63, 3.8) is 0 Å². The van der Waals surface area contributed by atoms with Crippen LogP contribution in [0.4, 0.5) is 0 Å². The number of para-hydroxylation sites is 1. The zero-order valence-electron chi connectivity index (χ0n) is 12.3. The third-order valence-corrected chi connectivity index (χ3v) is 4.81. The number of rotatable bonds is 1. The Balaban J connectivity index is 1.66. The van der Waals surface area contributed by atoms with Crippen molar-refractivity contribution in [2.24, 2.45) is 0 Å².